The zero-order valence-corrected chi connectivity index (χ0v) is 10.7. The van der Waals surface area contributed by atoms with E-state index in [4.69, 9.17) is 5.73 Å². The number of nitrogens with two attached hydrogens (primary N) is 1. The van der Waals surface area contributed by atoms with Crippen molar-refractivity contribution in [2.24, 2.45) is 5.73 Å². The van der Waals surface area contributed by atoms with Crippen LogP contribution in [-0.4, -0.2) is 17.3 Å². The van der Waals surface area contributed by atoms with Gasteiger partial charge in [0.25, 0.3) is 0 Å². The molecule has 0 aromatic heterocycles. The molecule has 0 aliphatic rings. The first-order chi connectivity index (χ1) is 8.51. The molecule has 3 N–H and O–H groups in total. The van der Waals surface area contributed by atoms with Crippen molar-refractivity contribution in [2.45, 2.75) is 30.9 Å². The summed E-state index contributed by atoms with van der Waals surface area (Å²) in [7, 11) is 0. The number of halogens is 7. The fourth-order valence-corrected chi connectivity index (χ4v) is 1.40. The third kappa shape index (κ3) is 5.18. The Bertz CT molecular complexity index is 416. The quantitative estimate of drug-likeness (QED) is 0.837. The molecule has 1 aromatic carbocycles. The zero-order chi connectivity index (χ0) is 14.8. The molecule has 9 heteroatoms. The van der Waals surface area contributed by atoms with Crippen molar-refractivity contribution in [3.8, 4) is 0 Å². The maximum absolute atomic E-state index is 12.3. The van der Waals surface area contributed by atoms with E-state index in [-0.39, 0.29) is 18.0 Å². The van der Waals surface area contributed by atoms with Gasteiger partial charge in [0.1, 0.15) is 6.04 Å². The lowest BCUT2D eigenvalue weighted by molar-refractivity contribution is -0.153. The normalized spacial score (nSPS) is 15.4. The summed E-state index contributed by atoms with van der Waals surface area (Å²) < 4.78 is 73.2. The van der Waals surface area contributed by atoms with Gasteiger partial charge in [-0.15, -0.1) is 12.4 Å². The van der Waals surface area contributed by atoms with Crippen molar-refractivity contribution in [3.05, 3.63) is 35.4 Å². The van der Waals surface area contributed by atoms with Gasteiger partial charge in [0, 0.05) is 6.42 Å². The number of aliphatic hydroxyl groups excluding tert-OH is 1. The van der Waals surface area contributed by atoms with Crippen molar-refractivity contribution in [3.63, 3.8) is 0 Å². The Morgan fingerprint density at radius 2 is 1.45 bits per heavy atom. The van der Waals surface area contributed by atoms with Gasteiger partial charge in [-0.05, 0) is 17.7 Å². The zero-order valence-electron chi connectivity index (χ0n) is 9.87. The molecule has 0 saturated heterocycles. The molecule has 0 fully saturated rings. The van der Waals surface area contributed by atoms with Crippen LogP contribution in [0.5, 0.6) is 0 Å². The third-order valence-electron chi connectivity index (χ3n) is 2.52. The lowest BCUT2D eigenvalue weighted by Gasteiger charge is -2.19. The predicted molar refractivity (Wildman–Crippen MR) is 62.3 cm³/mol. The highest BCUT2D eigenvalue weighted by Crippen LogP contribution is 2.31. The molecule has 0 aliphatic carbocycles. The molecule has 2 atom stereocenters. The average Bonchev–Trinajstić information content (AvgIpc) is 2.26. The smallest absolute Gasteiger partial charge is 0.388 e. The Morgan fingerprint density at radius 1 is 1.00 bits per heavy atom. The molecular formula is C11H12ClF6NO. The predicted octanol–water partition coefficient (Wildman–Crippen LogP) is 3.44. The van der Waals surface area contributed by atoms with Gasteiger partial charge < -0.3 is 10.8 Å². The fraction of sp³-hybridized carbons (Fsp3) is 0.455. The number of hydrogen-bond donors (Lipinski definition) is 2. The molecule has 1 aromatic rings. The topological polar surface area (TPSA) is 46.2 Å². The average molecular weight is 324 g/mol. The van der Waals surface area contributed by atoms with Gasteiger partial charge in [-0.25, -0.2) is 0 Å². The second kappa shape index (κ2) is 6.64. The van der Waals surface area contributed by atoms with Gasteiger partial charge in [-0.2, -0.15) is 26.3 Å². The molecule has 0 bridgehead atoms. The van der Waals surface area contributed by atoms with E-state index in [2.05, 4.69) is 0 Å². The molecule has 1 rings (SSSR count). The largest absolute Gasteiger partial charge is 0.416 e. The van der Waals surface area contributed by atoms with Crippen LogP contribution in [0.25, 0.3) is 0 Å². The highest BCUT2D eigenvalue weighted by atomic mass is 35.5. The van der Waals surface area contributed by atoms with E-state index >= 15 is 0 Å². The molecule has 20 heavy (non-hydrogen) atoms. The monoisotopic (exact) mass is 323 g/mol. The van der Waals surface area contributed by atoms with Crippen LogP contribution in [0.4, 0.5) is 26.3 Å². The highest BCUT2D eigenvalue weighted by Gasteiger charge is 2.38. The minimum absolute atomic E-state index is 0. The molecular weight excluding hydrogens is 312 g/mol. The van der Waals surface area contributed by atoms with E-state index in [1.807, 2.05) is 0 Å². The Kier molecular flexibility index (Phi) is 6.31. The maximum Gasteiger partial charge on any atom is 0.416 e. The van der Waals surface area contributed by atoms with Crippen LogP contribution in [0.2, 0.25) is 0 Å². The third-order valence-corrected chi connectivity index (χ3v) is 2.52. The minimum atomic E-state index is -4.66. The van der Waals surface area contributed by atoms with E-state index in [1.165, 1.54) is 0 Å². The second-order valence-electron chi connectivity index (χ2n) is 4.02. The van der Waals surface area contributed by atoms with Gasteiger partial charge in [0.15, 0.2) is 0 Å². The first-order valence-electron chi connectivity index (χ1n) is 5.19. The lowest BCUT2D eigenvalue weighted by Crippen LogP contribution is -2.38. The summed E-state index contributed by atoms with van der Waals surface area (Å²) in [5, 5.41) is 9.49. The van der Waals surface area contributed by atoms with Crippen LogP contribution in [0.3, 0.4) is 0 Å². The summed E-state index contributed by atoms with van der Waals surface area (Å²) >= 11 is 0. The SMILES string of the molecule is Cl.N[C@H](C[C@@H](O)c1ccc(C(F)(F)F)cc1)C(F)(F)F. The number of benzene rings is 1. The van der Waals surface area contributed by atoms with Crippen LogP contribution >= 0.6 is 12.4 Å². The Hall–Kier alpha value is -0.990. The van der Waals surface area contributed by atoms with Gasteiger partial charge in [0.05, 0.1) is 11.7 Å². The number of hydrogen-bond acceptors (Lipinski definition) is 2. The molecule has 2 nitrogen and oxygen atoms in total. The van der Waals surface area contributed by atoms with Crippen LogP contribution in [0.1, 0.15) is 23.7 Å². The summed E-state index contributed by atoms with van der Waals surface area (Å²) in [5.41, 5.74) is 3.83. The van der Waals surface area contributed by atoms with Crippen molar-refractivity contribution in [1.82, 2.24) is 0 Å². The van der Waals surface area contributed by atoms with Gasteiger partial charge in [-0.1, -0.05) is 12.1 Å². The van der Waals surface area contributed by atoms with Crippen molar-refractivity contribution in [2.75, 3.05) is 0 Å². The summed E-state index contributed by atoms with van der Waals surface area (Å²) in [5.74, 6) is 0. The Labute approximate surface area is 117 Å². The van der Waals surface area contributed by atoms with Gasteiger partial charge >= 0.3 is 12.4 Å². The molecule has 0 aliphatic heterocycles. The maximum atomic E-state index is 12.3. The molecule has 0 amide bonds. The number of rotatable bonds is 3. The van der Waals surface area contributed by atoms with E-state index in [1.54, 1.807) is 0 Å². The molecule has 0 heterocycles. The van der Waals surface area contributed by atoms with Crippen molar-refractivity contribution < 1.29 is 31.4 Å². The lowest BCUT2D eigenvalue weighted by atomic mass is 10.0. The van der Waals surface area contributed by atoms with E-state index in [9.17, 15) is 31.4 Å². The van der Waals surface area contributed by atoms with Crippen LogP contribution in [0.15, 0.2) is 24.3 Å². The summed E-state index contributed by atoms with van der Waals surface area (Å²) in [6.45, 7) is 0. The summed E-state index contributed by atoms with van der Waals surface area (Å²) in [6, 6.07) is 1.01. The minimum Gasteiger partial charge on any atom is -0.388 e. The van der Waals surface area contributed by atoms with Crippen molar-refractivity contribution >= 4 is 12.4 Å². The van der Waals surface area contributed by atoms with Crippen molar-refractivity contribution in [1.29, 1.82) is 0 Å². The summed E-state index contributed by atoms with van der Waals surface area (Å²) in [4.78, 5) is 0. The standard InChI is InChI=1S/C11H11F6NO.ClH/c12-10(13,14)7-3-1-6(2-4-7)8(19)5-9(18)11(15,16)17;/h1-4,8-9,19H,5,18H2;1H/t8-,9-;/m1./s1. The Morgan fingerprint density at radius 3 is 1.80 bits per heavy atom. The Balaban J connectivity index is 0.00000361. The molecule has 0 radical (unpaired) electrons. The fourth-order valence-electron chi connectivity index (χ4n) is 1.40. The van der Waals surface area contributed by atoms with Crippen LogP contribution in [0, 0.1) is 0 Å². The molecule has 0 spiro atoms. The summed E-state index contributed by atoms with van der Waals surface area (Å²) in [6.07, 6.45) is -11.6. The van der Waals surface area contributed by atoms with E-state index in [0.29, 0.717) is 12.1 Å². The molecule has 0 saturated carbocycles. The van der Waals surface area contributed by atoms with Gasteiger partial charge in [-0.3, -0.25) is 0 Å². The van der Waals surface area contributed by atoms with Crippen LogP contribution < -0.4 is 5.73 Å². The molecule has 116 valence electrons. The van der Waals surface area contributed by atoms with E-state index in [0.717, 1.165) is 12.1 Å². The first-order valence-corrected chi connectivity index (χ1v) is 5.19. The van der Waals surface area contributed by atoms with Gasteiger partial charge in [0.2, 0.25) is 0 Å². The van der Waals surface area contributed by atoms with E-state index < -0.39 is 36.5 Å². The highest BCUT2D eigenvalue weighted by molar-refractivity contribution is 5.85. The first kappa shape index (κ1) is 19.0. The number of alkyl halides is 6. The number of aliphatic hydroxyl groups is 1. The molecule has 0 unspecified atom stereocenters. The second-order valence-corrected chi connectivity index (χ2v) is 4.02. The van der Waals surface area contributed by atoms with Crippen LogP contribution in [-0.2, 0) is 6.18 Å².